The molecule has 164 valence electrons. The number of nitrogens with zero attached hydrogens (tertiary/aromatic N) is 4. The van der Waals surface area contributed by atoms with Gasteiger partial charge in [-0.3, -0.25) is 4.79 Å². The first-order valence-electron chi connectivity index (χ1n) is 11.9. The number of aromatic nitrogens is 5. The zero-order valence-corrected chi connectivity index (χ0v) is 18.7. The van der Waals surface area contributed by atoms with Crippen molar-refractivity contribution in [3.63, 3.8) is 0 Å². The van der Waals surface area contributed by atoms with E-state index in [1.54, 1.807) is 0 Å². The molecule has 7 nitrogen and oxygen atoms in total. The fourth-order valence-corrected chi connectivity index (χ4v) is 5.57. The number of aromatic amines is 1. The average molecular weight is 422 g/mol. The molecule has 0 radical (unpaired) electrons. The van der Waals surface area contributed by atoms with E-state index in [1.165, 1.54) is 49.0 Å². The molecule has 1 saturated heterocycles. The van der Waals surface area contributed by atoms with Gasteiger partial charge in [0, 0.05) is 0 Å². The molecule has 7 heteroatoms. The summed E-state index contributed by atoms with van der Waals surface area (Å²) in [5.74, 6) is 0.859. The van der Waals surface area contributed by atoms with E-state index in [9.17, 15) is 4.79 Å². The fraction of sp³-hybridized carbons (Fsp3) is 0.583. The minimum atomic E-state index is -0.136. The van der Waals surface area contributed by atoms with Gasteiger partial charge in [-0.2, -0.15) is 0 Å². The second kappa shape index (κ2) is 8.54. The zero-order valence-electron chi connectivity index (χ0n) is 18.7. The molecule has 1 aliphatic heterocycles. The third kappa shape index (κ3) is 3.80. The van der Waals surface area contributed by atoms with Gasteiger partial charge in [-0.25, -0.2) is 4.68 Å². The van der Waals surface area contributed by atoms with Crippen LogP contribution in [-0.2, 0) is 0 Å². The van der Waals surface area contributed by atoms with Crippen LogP contribution >= 0.6 is 0 Å². The van der Waals surface area contributed by atoms with Crippen molar-refractivity contribution in [2.75, 3.05) is 13.1 Å². The van der Waals surface area contributed by atoms with Gasteiger partial charge >= 0.3 is 0 Å². The van der Waals surface area contributed by atoms with Crippen molar-refractivity contribution in [2.45, 2.75) is 77.3 Å². The third-order valence-electron chi connectivity index (χ3n) is 7.49. The Morgan fingerprint density at radius 2 is 1.81 bits per heavy atom. The van der Waals surface area contributed by atoms with E-state index in [-0.39, 0.29) is 11.6 Å². The summed E-state index contributed by atoms with van der Waals surface area (Å²) in [6.07, 6.45) is 9.56. The van der Waals surface area contributed by atoms with Crippen molar-refractivity contribution < 1.29 is 4.90 Å². The minimum Gasteiger partial charge on any atom is -0.322 e. The molecule has 2 fully saturated rings. The topological polar surface area (TPSA) is 80.9 Å². The largest absolute Gasteiger partial charge is 0.322 e. The Morgan fingerprint density at radius 1 is 1.06 bits per heavy atom. The van der Waals surface area contributed by atoms with Crippen molar-refractivity contribution >= 4 is 10.9 Å². The molecule has 1 atom stereocenters. The minimum absolute atomic E-state index is 0.0103. The van der Waals surface area contributed by atoms with Crippen LogP contribution in [0.3, 0.4) is 0 Å². The van der Waals surface area contributed by atoms with E-state index in [2.05, 4.69) is 52.6 Å². The van der Waals surface area contributed by atoms with E-state index in [0.29, 0.717) is 6.04 Å². The van der Waals surface area contributed by atoms with Crippen molar-refractivity contribution in [1.82, 2.24) is 25.2 Å². The number of pyridine rings is 1. The molecule has 2 aliphatic rings. The van der Waals surface area contributed by atoms with Crippen molar-refractivity contribution in [2.24, 2.45) is 0 Å². The summed E-state index contributed by atoms with van der Waals surface area (Å²) >= 11 is 0. The predicted molar refractivity (Wildman–Crippen MR) is 120 cm³/mol. The van der Waals surface area contributed by atoms with Gasteiger partial charge in [0.2, 0.25) is 5.82 Å². The third-order valence-corrected chi connectivity index (χ3v) is 7.49. The molecule has 1 aliphatic carbocycles. The Morgan fingerprint density at radius 3 is 2.55 bits per heavy atom. The Labute approximate surface area is 182 Å². The molecule has 0 amide bonds. The molecule has 0 unspecified atom stereocenters. The second-order valence-corrected chi connectivity index (χ2v) is 9.45. The van der Waals surface area contributed by atoms with Crippen LogP contribution in [0.1, 0.15) is 86.0 Å². The lowest BCUT2D eigenvalue weighted by Crippen LogP contribution is -3.12. The zero-order chi connectivity index (χ0) is 21.4. The number of quaternary nitrogens is 1. The summed E-state index contributed by atoms with van der Waals surface area (Å²) in [5.41, 5.74) is 4.05. The first kappa shape index (κ1) is 20.4. The summed E-state index contributed by atoms with van der Waals surface area (Å²) in [6.45, 7) is 6.26. The monoisotopic (exact) mass is 421 g/mol. The van der Waals surface area contributed by atoms with Gasteiger partial charge in [0.1, 0.15) is 0 Å². The van der Waals surface area contributed by atoms with E-state index < -0.39 is 0 Å². The summed E-state index contributed by atoms with van der Waals surface area (Å²) < 4.78 is 2.04. The first-order chi connectivity index (χ1) is 15.1. The molecule has 1 saturated carbocycles. The molecule has 2 aromatic heterocycles. The van der Waals surface area contributed by atoms with Gasteiger partial charge in [0.05, 0.1) is 30.2 Å². The van der Waals surface area contributed by atoms with E-state index >= 15 is 0 Å². The Balaban J connectivity index is 1.66. The second-order valence-electron chi connectivity index (χ2n) is 9.45. The normalized spacial score (nSPS) is 19.7. The summed E-state index contributed by atoms with van der Waals surface area (Å²) in [5, 5.41) is 14.1. The van der Waals surface area contributed by atoms with E-state index in [4.69, 9.17) is 0 Å². The number of H-pyrrole nitrogens is 1. The molecule has 2 N–H and O–H groups in total. The lowest BCUT2D eigenvalue weighted by molar-refractivity contribution is -0.925. The van der Waals surface area contributed by atoms with Gasteiger partial charge in [0.15, 0.2) is 6.04 Å². The summed E-state index contributed by atoms with van der Waals surface area (Å²) in [6, 6.07) is 6.56. The van der Waals surface area contributed by atoms with Crippen molar-refractivity contribution in [1.29, 1.82) is 0 Å². The molecule has 31 heavy (non-hydrogen) atoms. The van der Waals surface area contributed by atoms with E-state index in [0.717, 1.165) is 53.8 Å². The average Bonchev–Trinajstić information content (AvgIpc) is 3.39. The van der Waals surface area contributed by atoms with Crippen LogP contribution < -0.4 is 10.5 Å². The van der Waals surface area contributed by atoms with Gasteiger partial charge in [-0.05, 0) is 85.4 Å². The number of hydrogen-bond acceptors (Lipinski definition) is 4. The van der Waals surface area contributed by atoms with Crippen LogP contribution in [-0.4, -0.2) is 38.3 Å². The lowest BCUT2D eigenvalue weighted by atomic mass is 10.00. The molecule has 3 heterocycles. The number of aryl methyl sites for hydroxylation is 2. The number of likely N-dealkylation sites (tertiary alicyclic amines) is 1. The number of hydrogen-bond donors (Lipinski definition) is 2. The van der Waals surface area contributed by atoms with Crippen LogP contribution in [0.15, 0.2) is 23.0 Å². The van der Waals surface area contributed by atoms with Crippen LogP contribution in [0.5, 0.6) is 0 Å². The summed E-state index contributed by atoms with van der Waals surface area (Å²) in [7, 11) is 0. The maximum absolute atomic E-state index is 13.4. The van der Waals surface area contributed by atoms with E-state index in [1.807, 2.05) is 4.68 Å². The number of nitrogens with one attached hydrogen (secondary N) is 2. The highest BCUT2D eigenvalue weighted by Gasteiger charge is 2.36. The predicted octanol–water partition coefficient (Wildman–Crippen LogP) is 2.79. The van der Waals surface area contributed by atoms with Gasteiger partial charge < -0.3 is 9.88 Å². The molecule has 1 aromatic carbocycles. The van der Waals surface area contributed by atoms with Crippen molar-refractivity contribution in [3.8, 4) is 0 Å². The van der Waals surface area contributed by atoms with Crippen LogP contribution in [0.25, 0.3) is 10.9 Å². The van der Waals surface area contributed by atoms with Gasteiger partial charge in [-0.1, -0.05) is 25.0 Å². The molecular weight excluding hydrogens is 388 g/mol. The highest BCUT2D eigenvalue weighted by Crippen LogP contribution is 2.31. The smallest absolute Gasteiger partial charge is 0.258 e. The highest BCUT2D eigenvalue weighted by atomic mass is 16.1. The Kier molecular flexibility index (Phi) is 5.61. The quantitative estimate of drug-likeness (QED) is 0.679. The van der Waals surface area contributed by atoms with Crippen molar-refractivity contribution in [3.05, 3.63) is 51.1 Å². The first-order valence-corrected chi connectivity index (χ1v) is 11.9. The Bertz CT molecular complexity index is 1120. The van der Waals surface area contributed by atoms with Gasteiger partial charge in [-0.15, -0.1) is 5.10 Å². The molecule has 5 rings (SSSR count). The number of fused-ring (bicyclic) bond motifs is 1. The molecule has 3 aromatic rings. The SMILES string of the molecule is Cc1ccc2cc([C@@H](c3nnnn3C3CCCC3)[NH+]3CCCCCC3)c(=O)[nH]c2c1C. The fourth-order valence-electron chi connectivity index (χ4n) is 5.57. The number of tetrazole rings is 1. The van der Waals surface area contributed by atoms with Gasteiger partial charge in [0.25, 0.3) is 5.56 Å². The maximum Gasteiger partial charge on any atom is 0.258 e. The van der Waals surface area contributed by atoms with Crippen LogP contribution in [0.2, 0.25) is 0 Å². The maximum atomic E-state index is 13.4. The Hall–Kier alpha value is -2.54. The molecule has 0 spiro atoms. The lowest BCUT2D eigenvalue weighted by Gasteiger charge is -2.27. The van der Waals surface area contributed by atoms with Crippen LogP contribution in [0.4, 0.5) is 0 Å². The van der Waals surface area contributed by atoms with Crippen LogP contribution in [0, 0.1) is 13.8 Å². The highest BCUT2D eigenvalue weighted by molar-refractivity contribution is 5.83. The summed E-state index contributed by atoms with van der Waals surface area (Å²) in [4.78, 5) is 18.1. The number of benzene rings is 1. The molecular formula is C24H33N6O+. The molecule has 0 bridgehead atoms. The standard InChI is InChI=1S/C24H32N6O/c1-16-11-12-18-15-20(24(31)25-21(18)17(16)2)22(29-13-7-3-4-8-14-29)23-26-27-28-30(23)19-9-5-6-10-19/h11-12,15,19,22H,3-10,13-14H2,1-2H3,(H,25,31)/p+1/t22-/m0/s1. The number of rotatable bonds is 4.